The van der Waals surface area contributed by atoms with Crippen LogP contribution in [0.15, 0.2) is 12.3 Å². The minimum Gasteiger partial charge on any atom is -0.468 e. The van der Waals surface area contributed by atoms with Crippen LogP contribution < -0.4 is 0 Å². The number of hydrogen-bond donors (Lipinski definition) is 1. The second-order valence-electron chi connectivity index (χ2n) is 3.57. The Kier molecular flexibility index (Phi) is 4.04. The Balaban J connectivity index is 2.78. The number of methoxy groups -OCH3 is 1. The van der Waals surface area contributed by atoms with Gasteiger partial charge in [0.05, 0.1) is 7.11 Å². The average molecular weight is 225 g/mol. The SMILES string of the molecule is COC(=O)CN(C(=O)c1ccn[nH]1)C(C)C. The second kappa shape index (κ2) is 5.29. The van der Waals surface area contributed by atoms with E-state index in [1.54, 1.807) is 6.07 Å². The Labute approximate surface area is 93.6 Å². The van der Waals surface area contributed by atoms with Gasteiger partial charge in [0, 0.05) is 12.2 Å². The van der Waals surface area contributed by atoms with Crippen molar-refractivity contribution in [1.82, 2.24) is 15.1 Å². The molecule has 1 aromatic heterocycles. The summed E-state index contributed by atoms with van der Waals surface area (Å²) in [7, 11) is 1.29. The highest BCUT2D eigenvalue weighted by atomic mass is 16.5. The van der Waals surface area contributed by atoms with Gasteiger partial charge in [0.2, 0.25) is 0 Å². The number of H-pyrrole nitrogens is 1. The molecule has 1 aromatic rings. The summed E-state index contributed by atoms with van der Waals surface area (Å²) < 4.78 is 4.54. The van der Waals surface area contributed by atoms with Crippen molar-refractivity contribution >= 4 is 11.9 Å². The number of aromatic nitrogens is 2. The van der Waals surface area contributed by atoms with Crippen molar-refractivity contribution in [2.75, 3.05) is 13.7 Å². The predicted molar refractivity (Wildman–Crippen MR) is 56.8 cm³/mol. The van der Waals surface area contributed by atoms with Crippen LogP contribution in [0.5, 0.6) is 0 Å². The molecule has 16 heavy (non-hydrogen) atoms. The molecule has 0 unspecified atom stereocenters. The first-order chi connectivity index (χ1) is 7.56. The van der Waals surface area contributed by atoms with E-state index >= 15 is 0 Å². The number of nitrogens with one attached hydrogen (secondary N) is 1. The molecule has 1 N–H and O–H groups in total. The molecule has 0 atom stereocenters. The summed E-state index contributed by atoms with van der Waals surface area (Å²) in [6.07, 6.45) is 1.49. The molecule has 0 bridgehead atoms. The summed E-state index contributed by atoms with van der Waals surface area (Å²) in [4.78, 5) is 24.5. The van der Waals surface area contributed by atoms with Crippen LogP contribution in [-0.2, 0) is 9.53 Å². The topological polar surface area (TPSA) is 75.3 Å². The van der Waals surface area contributed by atoms with E-state index < -0.39 is 5.97 Å². The van der Waals surface area contributed by atoms with E-state index in [1.807, 2.05) is 13.8 Å². The summed E-state index contributed by atoms with van der Waals surface area (Å²) in [5, 5.41) is 6.27. The van der Waals surface area contributed by atoms with E-state index in [1.165, 1.54) is 18.2 Å². The summed E-state index contributed by atoms with van der Waals surface area (Å²) in [6.45, 7) is 3.60. The van der Waals surface area contributed by atoms with E-state index in [9.17, 15) is 9.59 Å². The van der Waals surface area contributed by atoms with Crippen molar-refractivity contribution in [3.8, 4) is 0 Å². The lowest BCUT2D eigenvalue weighted by atomic mass is 10.2. The lowest BCUT2D eigenvalue weighted by Gasteiger charge is -2.24. The Bertz CT molecular complexity index is 359. The van der Waals surface area contributed by atoms with Crippen LogP contribution in [0.1, 0.15) is 24.3 Å². The number of esters is 1. The number of hydrogen-bond acceptors (Lipinski definition) is 4. The first-order valence-electron chi connectivity index (χ1n) is 4.93. The molecular formula is C10H15N3O3. The largest absolute Gasteiger partial charge is 0.468 e. The Morgan fingerprint density at radius 1 is 1.56 bits per heavy atom. The zero-order valence-corrected chi connectivity index (χ0v) is 9.56. The average Bonchev–Trinajstić information content (AvgIpc) is 2.77. The molecule has 88 valence electrons. The van der Waals surface area contributed by atoms with Crippen molar-refractivity contribution in [3.63, 3.8) is 0 Å². The molecule has 0 fully saturated rings. The second-order valence-corrected chi connectivity index (χ2v) is 3.57. The molecule has 1 heterocycles. The van der Waals surface area contributed by atoms with Crippen LogP contribution in [0, 0.1) is 0 Å². The highest BCUT2D eigenvalue weighted by Crippen LogP contribution is 2.05. The highest BCUT2D eigenvalue weighted by molar-refractivity contribution is 5.94. The van der Waals surface area contributed by atoms with Gasteiger partial charge < -0.3 is 9.64 Å². The molecule has 6 nitrogen and oxygen atoms in total. The number of ether oxygens (including phenoxy) is 1. The van der Waals surface area contributed by atoms with Crippen LogP contribution in [0.3, 0.4) is 0 Å². The summed E-state index contributed by atoms with van der Waals surface area (Å²) in [5.41, 5.74) is 0.359. The molecule has 0 radical (unpaired) electrons. The van der Waals surface area contributed by atoms with Gasteiger partial charge in [-0.05, 0) is 19.9 Å². The van der Waals surface area contributed by atoms with E-state index in [0.29, 0.717) is 5.69 Å². The fourth-order valence-electron chi connectivity index (χ4n) is 1.22. The Hall–Kier alpha value is -1.85. The van der Waals surface area contributed by atoms with Gasteiger partial charge in [-0.2, -0.15) is 5.10 Å². The van der Waals surface area contributed by atoms with Crippen LogP contribution in [0.25, 0.3) is 0 Å². The monoisotopic (exact) mass is 225 g/mol. The quantitative estimate of drug-likeness (QED) is 0.754. The molecule has 0 aliphatic heterocycles. The fourth-order valence-corrected chi connectivity index (χ4v) is 1.22. The summed E-state index contributed by atoms with van der Waals surface area (Å²) in [5.74, 6) is -0.709. The molecular weight excluding hydrogens is 210 g/mol. The zero-order chi connectivity index (χ0) is 12.1. The summed E-state index contributed by atoms with van der Waals surface area (Å²) >= 11 is 0. The normalized spacial score (nSPS) is 10.2. The van der Waals surface area contributed by atoms with Crippen molar-refractivity contribution in [2.45, 2.75) is 19.9 Å². The smallest absolute Gasteiger partial charge is 0.325 e. The maximum Gasteiger partial charge on any atom is 0.325 e. The maximum atomic E-state index is 11.9. The van der Waals surface area contributed by atoms with E-state index in [2.05, 4.69) is 14.9 Å². The van der Waals surface area contributed by atoms with Gasteiger partial charge in [0.25, 0.3) is 5.91 Å². The Morgan fingerprint density at radius 3 is 2.69 bits per heavy atom. The van der Waals surface area contributed by atoms with Crippen LogP contribution >= 0.6 is 0 Å². The number of carbonyl (C=O) groups excluding carboxylic acids is 2. The van der Waals surface area contributed by atoms with E-state index in [4.69, 9.17) is 0 Å². The third-order valence-corrected chi connectivity index (χ3v) is 2.14. The van der Waals surface area contributed by atoms with E-state index in [-0.39, 0.29) is 18.5 Å². The minimum absolute atomic E-state index is 0.0635. The Morgan fingerprint density at radius 2 is 2.25 bits per heavy atom. The number of amides is 1. The van der Waals surface area contributed by atoms with Gasteiger partial charge >= 0.3 is 5.97 Å². The van der Waals surface area contributed by atoms with Crippen LogP contribution in [0.4, 0.5) is 0 Å². The summed E-state index contributed by atoms with van der Waals surface area (Å²) in [6, 6.07) is 1.48. The highest BCUT2D eigenvalue weighted by Gasteiger charge is 2.22. The van der Waals surface area contributed by atoms with Crippen molar-refractivity contribution in [1.29, 1.82) is 0 Å². The molecule has 0 aromatic carbocycles. The number of nitrogens with zero attached hydrogens (tertiary/aromatic N) is 2. The third kappa shape index (κ3) is 2.82. The van der Waals surface area contributed by atoms with Gasteiger partial charge in [0.15, 0.2) is 0 Å². The lowest BCUT2D eigenvalue weighted by Crippen LogP contribution is -2.41. The molecule has 6 heteroatoms. The van der Waals surface area contributed by atoms with Gasteiger partial charge in [-0.3, -0.25) is 14.7 Å². The van der Waals surface area contributed by atoms with Gasteiger partial charge in [0.1, 0.15) is 12.2 Å². The molecule has 1 rings (SSSR count). The third-order valence-electron chi connectivity index (χ3n) is 2.14. The molecule has 0 saturated carbocycles. The fraction of sp³-hybridized carbons (Fsp3) is 0.500. The first kappa shape index (κ1) is 12.2. The molecule has 0 aliphatic carbocycles. The molecule has 0 spiro atoms. The minimum atomic E-state index is -0.443. The number of carbonyl (C=O) groups is 2. The molecule has 0 saturated heterocycles. The van der Waals surface area contributed by atoms with Gasteiger partial charge in [-0.1, -0.05) is 0 Å². The van der Waals surface area contributed by atoms with Crippen LogP contribution in [-0.4, -0.2) is 46.7 Å². The maximum absolute atomic E-state index is 11.9. The van der Waals surface area contributed by atoms with E-state index in [0.717, 1.165) is 0 Å². The lowest BCUT2D eigenvalue weighted by molar-refractivity contribution is -0.141. The van der Waals surface area contributed by atoms with Gasteiger partial charge in [-0.15, -0.1) is 0 Å². The first-order valence-corrected chi connectivity index (χ1v) is 4.93. The zero-order valence-electron chi connectivity index (χ0n) is 9.56. The predicted octanol–water partition coefficient (Wildman–Crippen LogP) is 0.433. The number of aromatic amines is 1. The molecule has 0 aliphatic rings. The van der Waals surface area contributed by atoms with Gasteiger partial charge in [-0.25, -0.2) is 0 Å². The van der Waals surface area contributed by atoms with Crippen molar-refractivity contribution < 1.29 is 14.3 Å². The molecule has 1 amide bonds. The standard InChI is InChI=1S/C10H15N3O3/c1-7(2)13(6-9(14)16-3)10(15)8-4-5-11-12-8/h4-5,7H,6H2,1-3H3,(H,11,12). The number of rotatable bonds is 4. The van der Waals surface area contributed by atoms with Crippen molar-refractivity contribution in [2.24, 2.45) is 0 Å². The van der Waals surface area contributed by atoms with Crippen molar-refractivity contribution in [3.05, 3.63) is 18.0 Å². The van der Waals surface area contributed by atoms with Crippen LogP contribution in [0.2, 0.25) is 0 Å².